The number of nitrogens with zero attached hydrogens (tertiary/aromatic N) is 4. The Hall–Kier alpha value is -2.31. The van der Waals surface area contributed by atoms with Gasteiger partial charge in [-0.05, 0) is 42.7 Å². The fourth-order valence-corrected chi connectivity index (χ4v) is 3.76. The van der Waals surface area contributed by atoms with Crippen molar-refractivity contribution in [2.45, 2.75) is 32.0 Å². The summed E-state index contributed by atoms with van der Waals surface area (Å²) in [5.41, 5.74) is 3.95. The van der Waals surface area contributed by atoms with Crippen molar-refractivity contribution in [2.24, 2.45) is 7.05 Å². The summed E-state index contributed by atoms with van der Waals surface area (Å²) in [5, 5.41) is 15.6. The molecular formula is C19H21FN4O. The number of pyridine rings is 1. The van der Waals surface area contributed by atoms with Gasteiger partial charge in [0, 0.05) is 37.8 Å². The number of hydrogen-bond donors (Lipinski definition) is 1. The van der Waals surface area contributed by atoms with Gasteiger partial charge in [0.1, 0.15) is 5.82 Å². The van der Waals surface area contributed by atoms with Crippen molar-refractivity contribution >= 4 is 11.0 Å². The van der Waals surface area contributed by atoms with Crippen molar-refractivity contribution in [3.05, 3.63) is 59.2 Å². The normalized spacial score (nSPS) is 21.3. The van der Waals surface area contributed by atoms with Crippen LogP contribution in [0.2, 0.25) is 0 Å². The van der Waals surface area contributed by atoms with Gasteiger partial charge in [0.15, 0.2) is 5.65 Å². The van der Waals surface area contributed by atoms with Gasteiger partial charge in [0.05, 0.1) is 11.8 Å². The first-order valence-corrected chi connectivity index (χ1v) is 8.47. The van der Waals surface area contributed by atoms with Gasteiger partial charge in [-0.15, -0.1) is 0 Å². The van der Waals surface area contributed by atoms with Crippen LogP contribution in [-0.4, -0.2) is 37.4 Å². The predicted molar refractivity (Wildman–Crippen MR) is 93.4 cm³/mol. The van der Waals surface area contributed by atoms with Gasteiger partial charge < -0.3 is 5.11 Å². The number of aliphatic hydroxyl groups excluding tert-OH is 1. The highest BCUT2D eigenvalue weighted by Crippen LogP contribution is 2.33. The average Bonchev–Trinajstić information content (AvgIpc) is 3.08. The third-order valence-electron chi connectivity index (χ3n) is 4.94. The molecule has 130 valence electrons. The first kappa shape index (κ1) is 16.2. The fourth-order valence-electron chi connectivity index (χ4n) is 3.76. The standard InChI is InChI=1S/C19H21FN4O/c1-12-17-7-13(9-21-19(17)23(2)22-12)10-24-11-16(25)8-18(24)14-3-5-15(20)6-4-14/h3-7,9,16,18,25H,8,10-11H2,1-2H3/t16-,18+/m1/s1. The highest BCUT2D eigenvalue weighted by atomic mass is 19.1. The molecule has 4 rings (SSSR count). The van der Waals surface area contributed by atoms with E-state index in [2.05, 4.69) is 21.0 Å². The molecule has 2 atom stereocenters. The molecular weight excluding hydrogens is 319 g/mol. The molecule has 1 saturated heterocycles. The second-order valence-corrected chi connectivity index (χ2v) is 6.81. The van der Waals surface area contributed by atoms with E-state index in [4.69, 9.17) is 0 Å². The Labute approximate surface area is 145 Å². The molecule has 3 aromatic rings. The van der Waals surface area contributed by atoms with Crippen LogP contribution in [0.5, 0.6) is 0 Å². The van der Waals surface area contributed by atoms with Crippen LogP contribution in [-0.2, 0) is 13.6 Å². The van der Waals surface area contributed by atoms with Crippen molar-refractivity contribution < 1.29 is 9.50 Å². The maximum absolute atomic E-state index is 13.2. The lowest BCUT2D eigenvalue weighted by atomic mass is 10.0. The lowest BCUT2D eigenvalue weighted by molar-refractivity contribution is 0.172. The summed E-state index contributed by atoms with van der Waals surface area (Å²) in [6.07, 6.45) is 2.16. The molecule has 1 aromatic carbocycles. The van der Waals surface area contributed by atoms with Crippen molar-refractivity contribution in [2.75, 3.05) is 6.54 Å². The Morgan fingerprint density at radius 1 is 1.28 bits per heavy atom. The van der Waals surface area contributed by atoms with E-state index in [1.807, 2.05) is 20.2 Å². The molecule has 0 bridgehead atoms. The SMILES string of the molecule is Cc1nn(C)c2ncc(CN3C[C@H](O)C[C@H]3c3ccc(F)cc3)cc12. The number of benzene rings is 1. The van der Waals surface area contributed by atoms with Gasteiger partial charge in [0.25, 0.3) is 0 Å². The number of likely N-dealkylation sites (tertiary alicyclic amines) is 1. The average molecular weight is 340 g/mol. The van der Waals surface area contributed by atoms with Crippen LogP contribution in [0.15, 0.2) is 36.5 Å². The Bertz CT molecular complexity index is 906. The first-order chi connectivity index (χ1) is 12.0. The molecule has 2 aromatic heterocycles. The molecule has 0 saturated carbocycles. The van der Waals surface area contributed by atoms with Crippen LogP contribution in [0.1, 0.15) is 29.3 Å². The van der Waals surface area contributed by atoms with E-state index in [0.29, 0.717) is 19.5 Å². The van der Waals surface area contributed by atoms with E-state index in [9.17, 15) is 9.50 Å². The smallest absolute Gasteiger partial charge is 0.157 e. The van der Waals surface area contributed by atoms with Crippen LogP contribution in [0, 0.1) is 12.7 Å². The van der Waals surface area contributed by atoms with Gasteiger partial charge in [-0.1, -0.05) is 12.1 Å². The highest BCUT2D eigenvalue weighted by Gasteiger charge is 2.32. The first-order valence-electron chi connectivity index (χ1n) is 8.47. The predicted octanol–water partition coefficient (Wildman–Crippen LogP) is 2.72. The van der Waals surface area contributed by atoms with Crippen molar-refractivity contribution in [3.8, 4) is 0 Å². The highest BCUT2D eigenvalue weighted by molar-refractivity contribution is 5.78. The number of halogens is 1. The second kappa shape index (κ2) is 6.20. The Morgan fingerprint density at radius 2 is 2.04 bits per heavy atom. The maximum Gasteiger partial charge on any atom is 0.157 e. The van der Waals surface area contributed by atoms with E-state index in [-0.39, 0.29) is 18.0 Å². The quantitative estimate of drug-likeness (QED) is 0.796. The van der Waals surface area contributed by atoms with Crippen molar-refractivity contribution in [3.63, 3.8) is 0 Å². The molecule has 1 aliphatic heterocycles. The summed E-state index contributed by atoms with van der Waals surface area (Å²) < 4.78 is 15.0. The summed E-state index contributed by atoms with van der Waals surface area (Å²) in [5.74, 6) is -0.240. The van der Waals surface area contributed by atoms with E-state index in [1.54, 1.807) is 16.8 Å². The molecule has 1 fully saturated rings. The van der Waals surface area contributed by atoms with Crippen LogP contribution in [0.25, 0.3) is 11.0 Å². The largest absolute Gasteiger partial charge is 0.392 e. The zero-order valence-corrected chi connectivity index (χ0v) is 14.4. The summed E-state index contributed by atoms with van der Waals surface area (Å²) in [6, 6.07) is 8.77. The fraction of sp³-hybridized carbons (Fsp3) is 0.368. The maximum atomic E-state index is 13.2. The summed E-state index contributed by atoms with van der Waals surface area (Å²) in [4.78, 5) is 6.76. The van der Waals surface area contributed by atoms with E-state index in [0.717, 1.165) is 27.9 Å². The van der Waals surface area contributed by atoms with Crippen LogP contribution < -0.4 is 0 Å². The van der Waals surface area contributed by atoms with E-state index in [1.165, 1.54) is 12.1 Å². The Kier molecular flexibility index (Phi) is 4.01. The Morgan fingerprint density at radius 3 is 2.80 bits per heavy atom. The van der Waals surface area contributed by atoms with Gasteiger partial charge in [-0.2, -0.15) is 5.10 Å². The summed E-state index contributed by atoms with van der Waals surface area (Å²) in [6.45, 7) is 3.28. The number of rotatable bonds is 3. The molecule has 0 amide bonds. The molecule has 0 spiro atoms. The molecule has 1 N–H and O–H groups in total. The van der Waals surface area contributed by atoms with Gasteiger partial charge >= 0.3 is 0 Å². The number of aromatic nitrogens is 3. The summed E-state index contributed by atoms with van der Waals surface area (Å²) in [7, 11) is 1.89. The molecule has 5 nitrogen and oxygen atoms in total. The Balaban J connectivity index is 1.62. The van der Waals surface area contributed by atoms with Crippen LogP contribution in [0.3, 0.4) is 0 Å². The molecule has 25 heavy (non-hydrogen) atoms. The number of aliphatic hydroxyl groups is 1. The van der Waals surface area contributed by atoms with Crippen molar-refractivity contribution in [1.82, 2.24) is 19.7 Å². The second-order valence-electron chi connectivity index (χ2n) is 6.81. The van der Waals surface area contributed by atoms with Gasteiger partial charge in [-0.3, -0.25) is 9.58 Å². The van der Waals surface area contributed by atoms with E-state index < -0.39 is 0 Å². The number of β-amino-alcohol motifs (C(OH)–C–C–N with tert-alkyl or cyclic N) is 1. The third-order valence-corrected chi connectivity index (χ3v) is 4.94. The number of fused-ring (bicyclic) bond motifs is 1. The van der Waals surface area contributed by atoms with E-state index >= 15 is 0 Å². The van der Waals surface area contributed by atoms with Crippen LogP contribution >= 0.6 is 0 Å². The monoisotopic (exact) mass is 340 g/mol. The minimum Gasteiger partial charge on any atom is -0.392 e. The van der Waals surface area contributed by atoms with Crippen molar-refractivity contribution in [1.29, 1.82) is 0 Å². The minimum absolute atomic E-state index is 0.0845. The zero-order chi connectivity index (χ0) is 17.6. The minimum atomic E-state index is -0.369. The molecule has 0 unspecified atom stereocenters. The molecule has 3 heterocycles. The third kappa shape index (κ3) is 3.03. The van der Waals surface area contributed by atoms with Gasteiger partial charge in [0.2, 0.25) is 0 Å². The molecule has 6 heteroatoms. The topological polar surface area (TPSA) is 54.2 Å². The lowest BCUT2D eigenvalue weighted by Crippen LogP contribution is -2.24. The van der Waals surface area contributed by atoms with Gasteiger partial charge in [-0.25, -0.2) is 9.37 Å². The lowest BCUT2D eigenvalue weighted by Gasteiger charge is -2.24. The molecule has 1 aliphatic rings. The zero-order valence-electron chi connectivity index (χ0n) is 14.4. The summed E-state index contributed by atoms with van der Waals surface area (Å²) >= 11 is 0. The molecule has 0 radical (unpaired) electrons. The van der Waals surface area contributed by atoms with Crippen LogP contribution in [0.4, 0.5) is 4.39 Å². The molecule has 0 aliphatic carbocycles. The number of aryl methyl sites for hydroxylation is 2. The number of hydrogen-bond acceptors (Lipinski definition) is 4.